The van der Waals surface area contributed by atoms with Crippen LogP contribution in [-0.2, 0) is 6.54 Å². The van der Waals surface area contributed by atoms with Crippen LogP contribution < -0.4 is 5.32 Å². The molecule has 0 saturated carbocycles. The Morgan fingerprint density at radius 3 is 2.83 bits per heavy atom. The van der Waals surface area contributed by atoms with Crippen LogP contribution in [-0.4, -0.2) is 16.8 Å². The fourth-order valence-corrected chi connectivity index (χ4v) is 3.31. The number of rotatable bonds is 5. The third kappa shape index (κ3) is 2.60. The normalized spacial score (nSPS) is 12.9. The quantitative estimate of drug-likeness (QED) is 0.908. The Labute approximate surface area is 117 Å². The molecular formula is C13H18ClN3S. The van der Waals surface area contributed by atoms with Crippen molar-refractivity contribution >= 4 is 22.9 Å². The summed E-state index contributed by atoms with van der Waals surface area (Å²) >= 11 is 8.08. The first-order valence-corrected chi connectivity index (χ1v) is 7.31. The molecule has 0 aliphatic carbocycles. The Hall–Kier alpha value is -0.840. The minimum absolute atomic E-state index is 0.116. The van der Waals surface area contributed by atoms with Gasteiger partial charge in [0, 0.05) is 16.3 Å². The van der Waals surface area contributed by atoms with Crippen molar-refractivity contribution in [2.24, 2.45) is 0 Å². The lowest BCUT2D eigenvalue weighted by Gasteiger charge is -2.17. The molecule has 2 rings (SSSR count). The molecule has 1 unspecified atom stereocenters. The molecule has 3 nitrogen and oxygen atoms in total. The highest BCUT2D eigenvalue weighted by molar-refractivity contribution is 7.12. The first-order valence-electron chi connectivity index (χ1n) is 6.12. The zero-order valence-electron chi connectivity index (χ0n) is 10.9. The van der Waals surface area contributed by atoms with Gasteiger partial charge in [-0.25, -0.2) is 0 Å². The highest BCUT2D eigenvalue weighted by Gasteiger charge is 2.21. The number of aryl methyl sites for hydroxylation is 2. The number of nitrogens with one attached hydrogen (secondary N) is 1. The average molecular weight is 284 g/mol. The molecule has 1 atom stereocenters. The number of hydrogen-bond donors (Lipinski definition) is 1. The first kappa shape index (κ1) is 13.6. The molecule has 0 aromatic carbocycles. The van der Waals surface area contributed by atoms with Crippen LogP contribution in [0, 0.1) is 6.92 Å². The Bertz CT molecular complexity index is 518. The molecule has 0 spiro atoms. The summed E-state index contributed by atoms with van der Waals surface area (Å²) in [5, 5.41) is 8.43. The van der Waals surface area contributed by atoms with E-state index in [1.807, 2.05) is 11.7 Å². The molecule has 0 amide bonds. The summed E-state index contributed by atoms with van der Waals surface area (Å²) in [7, 11) is 1.96. The Balaban J connectivity index is 2.41. The SMILES string of the molecule is CCCn1ncc(Cl)c1C(NC)c1ccc(C)s1. The van der Waals surface area contributed by atoms with E-state index < -0.39 is 0 Å². The minimum Gasteiger partial charge on any atom is -0.307 e. The molecule has 0 bridgehead atoms. The Kier molecular flexibility index (Phi) is 4.43. The van der Waals surface area contributed by atoms with Crippen LogP contribution in [0.25, 0.3) is 0 Å². The number of nitrogens with zero attached hydrogens (tertiary/aromatic N) is 2. The highest BCUT2D eigenvalue weighted by Crippen LogP contribution is 2.32. The van der Waals surface area contributed by atoms with Crippen molar-refractivity contribution in [3.8, 4) is 0 Å². The van der Waals surface area contributed by atoms with Gasteiger partial charge in [0.05, 0.1) is 23.0 Å². The molecule has 0 fully saturated rings. The van der Waals surface area contributed by atoms with Crippen LogP contribution in [0.15, 0.2) is 18.3 Å². The van der Waals surface area contributed by atoms with Gasteiger partial charge in [0.15, 0.2) is 0 Å². The minimum atomic E-state index is 0.116. The van der Waals surface area contributed by atoms with Gasteiger partial charge in [-0.15, -0.1) is 11.3 Å². The molecule has 18 heavy (non-hydrogen) atoms. The van der Waals surface area contributed by atoms with E-state index in [9.17, 15) is 0 Å². The zero-order valence-corrected chi connectivity index (χ0v) is 12.5. The summed E-state index contributed by atoms with van der Waals surface area (Å²) in [6.45, 7) is 5.15. The maximum Gasteiger partial charge on any atom is 0.0854 e. The second-order valence-corrected chi connectivity index (χ2v) is 6.00. The molecule has 0 saturated heterocycles. The van der Waals surface area contributed by atoms with Gasteiger partial charge in [-0.3, -0.25) is 4.68 Å². The van der Waals surface area contributed by atoms with E-state index in [-0.39, 0.29) is 6.04 Å². The summed E-state index contributed by atoms with van der Waals surface area (Å²) in [5.74, 6) is 0. The first-order chi connectivity index (χ1) is 8.67. The van der Waals surface area contributed by atoms with Gasteiger partial charge in [-0.05, 0) is 32.5 Å². The standard InChI is InChI=1S/C13H18ClN3S/c1-4-7-17-13(10(14)8-16-17)12(15-3)11-6-5-9(2)18-11/h5-6,8,12,15H,4,7H2,1-3H3. The second kappa shape index (κ2) is 5.87. The number of aromatic nitrogens is 2. The van der Waals surface area contributed by atoms with E-state index in [1.54, 1.807) is 17.5 Å². The van der Waals surface area contributed by atoms with Crippen molar-refractivity contribution in [3.63, 3.8) is 0 Å². The molecule has 1 N–H and O–H groups in total. The number of halogens is 1. The van der Waals surface area contributed by atoms with Gasteiger partial charge >= 0.3 is 0 Å². The van der Waals surface area contributed by atoms with Crippen molar-refractivity contribution < 1.29 is 0 Å². The molecule has 2 aromatic heterocycles. The maximum atomic E-state index is 6.29. The predicted molar refractivity (Wildman–Crippen MR) is 77.5 cm³/mol. The van der Waals surface area contributed by atoms with E-state index in [0.717, 1.165) is 23.7 Å². The molecule has 5 heteroatoms. The van der Waals surface area contributed by atoms with Gasteiger partial charge in [-0.2, -0.15) is 5.10 Å². The van der Waals surface area contributed by atoms with Crippen molar-refractivity contribution in [1.82, 2.24) is 15.1 Å². The average Bonchev–Trinajstić information content (AvgIpc) is 2.91. The summed E-state index contributed by atoms with van der Waals surface area (Å²) in [6, 6.07) is 4.41. The Morgan fingerprint density at radius 1 is 1.50 bits per heavy atom. The van der Waals surface area contributed by atoms with Gasteiger partial charge < -0.3 is 5.32 Å². The third-order valence-electron chi connectivity index (χ3n) is 2.88. The molecule has 0 aliphatic rings. The summed E-state index contributed by atoms with van der Waals surface area (Å²) in [6.07, 6.45) is 2.78. The van der Waals surface area contributed by atoms with Crippen LogP contribution in [0.4, 0.5) is 0 Å². The number of thiophene rings is 1. The number of hydrogen-bond acceptors (Lipinski definition) is 3. The van der Waals surface area contributed by atoms with Crippen LogP contribution in [0.5, 0.6) is 0 Å². The van der Waals surface area contributed by atoms with Crippen molar-refractivity contribution in [3.05, 3.63) is 38.8 Å². The maximum absolute atomic E-state index is 6.29. The topological polar surface area (TPSA) is 29.9 Å². The Morgan fingerprint density at radius 2 is 2.28 bits per heavy atom. The van der Waals surface area contributed by atoms with Crippen LogP contribution in [0.1, 0.15) is 34.8 Å². The van der Waals surface area contributed by atoms with Crippen LogP contribution in [0.2, 0.25) is 5.02 Å². The summed E-state index contributed by atoms with van der Waals surface area (Å²) in [4.78, 5) is 2.58. The lowest BCUT2D eigenvalue weighted by molar-refractivity contribution is 0.538. The monoisotopic (exact) mass is 283 g/mol. The zero-order chi connectivity index (χ0) is 13.1. The van der Waals surface area contributed by atoms with Gasteiger partial charge in [0.1, 0.15) is 0 Å². The van der Waals surface area contributed by atoms with Gasteiger partial charge in [0.2, 0.25) is 0 Å². The highest BCUT2D eigenvalue weighted by atomic mass is 35.5. The fraction of sp³-hybridized carbons (Fsp3) is 0.462. The molecule has 0 aliphatic heterocycles. The van der Waals surface area contributed by atoms with E-state index >= 15 is 0 Å². The van der Waals surface area contributed by atoms with E-state index in [4.69, 9.17) is 11.6 Å². The molecule has 2 aromatic rings. The van der Waals surface area contributed by atoms with E-state index in [0.29, 0.717) is 0 Å². The van der Waals surface area contributed by atoms with Crippen molar-refractivity contribution in [2.45, 2.75) is 32.9 Å². The lowest BCUT2D eigenvalue weighted by Crippen LogP contribution is -2.21. The molecular weight excluding hydrogens is 266 g/mol. The van der Waals surface area contributed by atoms with Gasteiger partial charge in [0.25, 0.3) is 0 Å². The fourth-order valence-electron chi connectivity index (χ4n) is 2.07. The van der Waals surface area contributed by atoms with Crippen LogP contribution in [0.3, 0.4) is 0 Å². The smallest absolute Gasteiger partial charge is 0.0854 e. The molecule has 0 radical (unpaired) electrons. The molecule has 98 valence electrons. The van der Waals surface area contributed by atoms with Crippen LogP contribution >= 0.6 is 22.9 Å². The van der Waals surface area contributed by atoms with E-state index in [2.05, 4.69) is 36.4 Å². The summed E-state index contributed by atoms with van der Waals surface area (Å²) < 4.78 is 2.00. The van der Waals surface area contributed by atoms with E-state index in [1.165, 1.54) is 9.75 Å². The van der Waals surface area contributed by atoms with Gasteiger partial charge in [-0.1, -0.05) is 18.5 Å². The van der Waals surface area contributed by atoms with Crippen molar-refractivity contribution in [1.29, 1.82) is 0 Å². The lowest BCUT2D eigenvalue weighted by atomic mass is 10.1. The predicted octanol–water partition coefficient (Wildman–Crippen LogP) is 3.63. The summed E-state index contributed by atoms with van der Waals surface area (Å²) in [5.41, 5.74) is 1.06. The molecule has 2 heterocycles. The van der Waals surface area contributed by atoms with Crippen molar-refractivity contribution in [2.75, 3.05) is 7.05 Å². The second-order valence-electron chi connectivity index (χ2n) is 4.27. The largest absolute Gasteiger partial charge is 0.307 e. The third-order valence-corrected chi connectivity index (χ3v) is 4.23.